The molecule has 0 bridgehead atoms. The van der Waals surface area contributed by atoms with Crippen molar-refractivity contribution in [2.75, 3.05) is 6.54 Å². The third kappa shape index (κ3) is 3.28. The third-order valence-electron chi connectivity index (χ3n) is 2.38. The molecule has 0 saturated heterocycles. The first-order valence-electron chi connectivity index (χ1n) is 5.53. The van der Waals surface area contributed by atoms with Crippen LogP contribution in [0.4, 0.5) is 0 Å². The highest BCUT2D eigenvalue weighted by Gasteiger charge is 2.05. The number of hydrogen-bond acceptors (Lipinski definition) is 4. The topological polar surface area (TPSA) is 51.8 Å². The summed E-state index contributed by atoms with van der Waals surface area (Å²) in [6, 6.07) is 6.42. The second kappa shape index (κ2) is 5.80. The van der Waals surface area contributed by atoms with E-state index in [2.05, 4.69) is 35.1 Å². The van der Waals surface area contributed by atoms with Gasteiger partial charge in [0, 0.05) is 17.3 Å². The van der Waals surface area contributed by atoms with Crippen LogP contribution < -0.4 is 5.73 Å². The van der Waals surface area contributed by atoms with Gasteiger partial charge in [0.25, 0.3) is 0 Å². The standard InChI is InChI=1S/C13H15N3S/c1-10-2-3-12(11(8-10)4-5-14)17-13-9-15-6-7-16-13/h2-3,6-9H,4-5,14H2,1H3. The molecule has 0 aliphatic rings. The molecule has 2 rings (SSSR count). The molecule has 88 valence electrons. The van der Waals surface area contributed by atoms with Gasteiger partial charge in [-0.05, 0) is 31.5 Å². The molecule has 0 spiro atoms. The van der Waals surface area contributed by atoms with Crippen molar-refractivity contribution in [3.05, 3.63) is 47.9 Å². The molecular formula is C13H15N3S. The number of nitrogens with two attached hydrogens (primary N) is 1. The maximum atomic E-state index is 5.64. The van der Waals surface area contributed by atoms with Crippen molar-refractivity contribution in [3.8, 4) is 0 Å². The van der Waals surface area contributed by atoms with Gasteiger partial charge in [0.2, 0.25) is 0 Å². The van der Waals surface area contributed by atoms with Crippen LogP contribution in [0.5, 0.6) is 0 Å². The van der Waals surface area contributed by atoms with Gasteiger partial charge in [-0.3, -0.25) is 4.98 Å². The Hall–Kier alpha value is -1.39. The summed E-state index contributed by atoms with van der Waals surface area (Å²) in [5, 5.41) is 0.912. The molecule has 2 N–H and O–H groups in total. The molecule has 0 atom stereocenters. The summed E-state index contributed by atoms with van der Waals surface area (Å²) in [5.41, 5.74) is 8.18. The molecule has 0 radical (unpaired) electrons. The molecule has 0 aliphatic heterocycles. The summed E-state index contributed by atoms with van der Waals surface area (Å²) in [6.45, 7) is 2.76. The highest BCUT2D eigenvalue weighted by atomic mass is 32.2. The highest BCUT2D eigenvalue weighted by Crippen LogP contribution is 2.29. The number of aromatic nitrogens is 2. The van der Waals surface area contributed by atoms with E-state index in [-0.39, 0.29) is 0 Å². The van der Waals surface area contributed by atoms with Crippen LogP contribution in [-0.4, -0.2) is 16.5 Å². The fourth-order valence-electron chi connectivity index (χ4n) is 1.61. The van der Waals surface area contributed by atoms with E-state index in [1.807, 2.05) is 0 Å². The zero-order valence-electron chi connectivity index (χ0n) is 9.76. The normalized spacial score (nSPS) is 10.5. The predicted octanol–water partition coefficient (Wildman–Crippen LogP) is 2.44. The van der Waals surface area contributed by atoms with E-state index in [1.165, 1.54) is 16.0 Å². The minimum absolute atomic E-state index is 0.664. The van der Waals surface area contributed by atoms with Crippen LogP contribution in [-0.2, 0) is 6.42 Å². The molecule has 1 aromatic carbocycles. The van der Waals surface area contributed by atoms with E-state index >= 15 is 0 Å². The lowest BCUT2D eigenvalue weighted by Gasteiger charge is -2.08. The predicted molar refractivity (Wildman–Crippen MR) is 70.1 cm³/mol. The van der Waals surface area contributed by atoms with Crippen molar-refractivity contribution in [3.63, 3.8) is 0 Å². The minimum Gasteiger partial charge on any atom is -0.330 e. The van der Waals surface area contributed by atoms with Crippen LogP contribution in [0.15, 0.2) is 46.7 Å². The van der Waals surface area contributed by atoms with Crippen LogP contribution in [0, 0.1) is 6.92 Å². The highest BCUT2D eigenvalue weighted by molar-refractivity contribution is 7.99. The van der Waals surface area contributed by atoms with Crippen LogP contribution in [0.2, 0.25) is 0 Å². The van der Waals surface area contributed by atoms with Gasteiger partial charge < -0.3 is 5.73 Å². The molecule has 0 fully saturated rings. The van der Waals surface area contributed by atoms with Crippen LogP contribution in [0.1, 0.15) is 11.1 Å². The summed E-state index contributed by atoms with van der Waals surface area (Å²) in [6.07, 6.45) is 6.06. The average molecular weight is 245 g/mol. The Kier molecular flexibility index (Phi) is 4.12. The Bertz CT molecular complexity index is 485. The Morgan fingerprint density at radius 3 is 2.88 bits per heavy atom. The molecule has 1 heterocycles. The van der Waals surface area contributed by atoms with Gasteiger partial charge in [0.1, 0.15) is 5.03 Å². The molecular weight excluding hydrogens is 230 g/mol. The summed E-state index contributed by atoms with van der Waals surface area (Å²) in [5.74, 6) is 0. The zero-order valence-corrected chi connectivity index (χ0v) is 10.6. The summed E-state index contributed by atoms with van der Waals surface area (Å²) < 4.78 is 0. The molecule has 4 heteroatoms. The van der Waals surface area contributed by atoms with Gasteiger partial charge in [-0.15, -0.1) is 0 Å². The summed E-state index contributed by atoms with van der Waals surface area (Å²) >= 11 is 1.63. The van der Waals surface area contributed by atoms with Crippen molar-refractivity contribution >= 4 is 11.8 Å². The fraction of sp³-hybridized carbons (Fsp3) is 0.231. The van der Waals surface area contributed by atoms with Crippen molar-refractivity contribution in [2.45, 2.75) is 23.3 Å². The lowest BCUT2D eigenvalue weighted by molar-refractivity contribution is 0.940. The largest absolute Gasteiger partial charge is 0.330 e. The van der Waals surface area contributed by atoms with E-state index in [9.17, 15) is 0 Å². The maximum Gasteiger partial charge on any atom is 0.119 e. The number of aryl methyl sites for hydroxylation is 1. The molecule has 0 unspecified atom stereocenters. The van der Waals surface area contributed by atoms with Crippen molar-refractivity contribution < 1.29 is 0 Å². The fourth-order valence-corrected chi connectivity index (χ4v) is 2.49. The van der Waals surface area contributed by atoms with Crippen molar-refractivity contribution in [1.29, 1.82) is 0 Å². The van der Waals surface area contributed by atoms with Crippen molar-refractivity contribution in [1.82, 2.24) is 9.97 Å². The monoisotopic (exact) mass is 245 g/mol. The van der Waals surface area contributed by atoms with Crippen LogP contribution in [0.3, 0.4) is 0 Å². The number of hydrogen-bond donors (Lipinski definition) is 1. The maximum absolute atomic E-state index is 5.64. The van der Waals surface area contributed by atoms with Gasteiger partial charge in [-0.25, -0.2) is 4.98 Å². The van der Waals surface area contributed by atoms with Gasteiger partial charge in [-0.2, -0.15) is 0 Å². The van der Waals surface area contributed by atoms with Crippen LogP contribution >= 0.6 is 11.8 Å². The first-order valence-corrected chi connectivity index (χ1v) is 6.34. The Morgan fingerprint density at radius 2 is 2.18 bits per heavy atom. The molecule has 3 nitrogen and oxygen atoms in total. The summed E-state index contributed by atoms with van der Waals surface area (Å²) in [7, 11) is 0. The summed E-state index contributed by atoms with van der Waals surface area (Å²) in [4.78, 5) is 9.54. The lowest BCUT2D eigenvalue weighted by atomic mass is 10.1. The van der Waals surface area contributed by atoms with E-state index in [0.29, 0.717) is 6.54 Å². The van der Waals surface area contributed by atoms with E-state index in [0.717, 1.165) is 11.4 Å². The molecule has 0 amide bonds. The van der Waals surface area contributed by atoms with Gasteiger partial charge >= 0.3 is 0 Å². The number of rotatable bonds is 4. The molecule has 2 aromatic rings. The van der Waals surface area contributed by atoms with Gasteiger partial charge in [-0.1, -0.05) is 29.5 Å². The first kappa shape index (κ1) is 12.1. The molecule has 0 saturated carbocycles. The Balaban J connectivity index is 2.26. The average Bonchev–Trinajstić information content (AvgIpc) is 2.34. The minimum atomic E-state index is 0.664. The molecule has 0 aliphatic carbocycles. The smallest absolute Gasteiger partial charge is 0.119 e. The SMILES string of the molecule is Cc1ccc(Sc2cnccn2)c(CCN)c1. The number of benzene rings is 1. The third-order valence-corrected chi connectivity index (χ3v) is 3.42. The quantitative estimate of drug-likeness (QED) is 0.899. The van der Waals surface area contributed by atoms with E-state index < -0.39 is 0 Å². The van der Waals surface area contributed by atoms with Crippen molar-refractivity contribution in [2.24, 2.45) is 5.73 Å². The second-order valence-corrected chi connectivity index (χ2v) is 4.86. The zero-order chi connectivity index (χ0) is 12.1. The lowest BCUT2D eigenvalue weighted by Crippen LogP contribution is -2.04. The molecule has 17 heavy (non-hydrogen) atoms. The second-order valence-electron chi connectivity index (χ2n) is 3.80. The molecule has 1 aromatic heterocycles. The van der Waals surface area contributed by atoms with Gasteiger partial charge in [0.05, 0.1) is 6.20 Å². The Labute approximate surface area is 105 Å². The Morgan fingerprint density at radius 1 is 1.29 bits per heavy atom. The van der Waals surface area contributed by atoms with E-state index in [4.69, 9.17) is 5.73 Å². The van der Waals surface area contributed by atoms with Crippen LogP contribution in [0.25, 0.3) is 0 Å². The van der Waals surface area contributed by atoms with Gasteiger partial charge in [0.15, 0.2) is 0 Å². The number of nitrogens with zero attached hydrogens (tertiary/aromatic N) is 2. The van der Waals surface area contributed by atoms with E-state index in [1.54, 1.807) is 30.4 Å². The first-order chi connectivity index (χ1) is 8.29.